The fourth-order valence-corrected chi connectivity index (χ4v) is 1.61. The summed E-state index contributed by atoms with van der Waals surface area (Å²) in [5, 5.41) is 2.85. The first-order valence-corrected chi connectivity index (χ1v) is 6.05. The Kier molecular flexibility index (Phi) is 3.81. The monoisotopic (exact) mass is 252 g/mol. The van der Waals surface area contributed by atoms with Crippen LogP contribution in [0.4, 0.5) is 4.39 Å². The maximum atomic E-state index is 13.0. The summed E-state index contributed by atoms with van der Waals surface area (Å²) in [5.41, 5.74) is 6.07. The second kappa shape index (κ2) is 5.35. The van der Waals surface area contributed by atoms with Crippen molar-refractivity contribution in [3.8, 4) is 5.75 Å². The van der Waals surface area contributed by atoms with Crippen LogP contribution in [0.25, 0.3) is 0 Å². The molecule has 0 heterocycles. The number of carbonyl (C=O) groups is 1. The number of halogens is 1. The first-order valence-electron chi connectivity index (χ1n) is 6.05. The van der Waals surface area contributed by atoms with E-state index in [1.807, 2.05) is 0 Å². The maximum Gasteiger partial charge on any atom is 0.260 e. The van der Waals surface area contributed by atoms with Gasteiger partial charge in [-0.05, 0) is 38.0 Å². The van der Waals surface area contributed by atoms with Gasteiger partial charge in [0.15, 0.2) is 6.10 Å². The fraction of sp³-hybridized carbons (Fsp3) is 0.462. The number of hydrogen-bond donors (Lipinski definition) is 2. The Morgan fingerprint density at radius 2 is 2.33 bits per heavy atom. The topological polar surface area (TPSA) is 64.3 Å². The molecule has 1 fully saturated rings. The molecule has 1 aromatic rings. The van der Waals surface area contributed by atoms with Crippen LogP contribution in [0, 0.1) is 5.82 Å². The normalized spacial score (nSPS) is 16.2. The van der Waals surface area contributed by atoms with E-state index in [0.29, 0.717) is 17.4 Å². The maximum absolute atomic E-state index is 13.0. The van der Waals surface area contributed by atoms with Crippen molar-refractivity contribution in [1.82, 2.24) is 5.32 Å². The van der Waals surface area contributed by atoms with Gasteiger partial charge in [-0.3, -0.25) is 4.79 Å². The van der Waals surface area contributed by atoms with Gasteiger partial charge in [-0.25, -0.2) is 4.39 Å². The summed E-state index contributed by atoms with van der Waals surface area (Å²) in [4.78, 5) is 11.7. The third-order valence-corrected chi connectivity index (χ3v) is 2.84. The molecule has 1 saturated carbocycles. The summed E-state index contributed by atoms with van der Waals surface area (Å²) in [6, 6.07) is 4.41. The van der Waals surface area contributed by atoms with Crippen LogP contribution in [0.1, 0.15) is 25.3 Å². The van der Waals surface area contributed by atoms with Crippen molar-refractivity contribution in [3.05, 3.63) is 29.6 Å². The molecule has 1 aliphatic rings. The van der Waals surface area contributed by atoms with E-state index >= 15 is 0 Å². The number of rotatable bonds is 5. The molecule has 0 bridgehead atoms. The molecule has 2 rings (SSSR count). The highest BCUT2D eigenvalue weighted by atomic mass is 19.1. The first-order chi connectivity index (χ1) is 8.60. The number of hydrogen-bond acceptors (Lipinski definition) is 3. The molecule has 0 aromatic heterocycles. The van der Waals surface area contributed by atoms with Crippen LogP contribution in [-0.2, 0) is 11.3 Å². The molecule has 0 aliphatic heterocycles. The molecule has 0 spiro atoms. The van der Waals surface area contributed by atoms with Crippen molar-refractivity contribution in [2.24, 2.45) is 5.73 Å². The van der Waals surface area contributed by atoms with E-state index in [1.165, 1.54) is 18.2 Å². The molecule has 1 atom stereocenters. The van der Waals surface area contributed by atoms with Crippen LogP contribution >= 0.6 is 0 Å². The molecule has 0 radical (unpaired) electrons. The Morgan fingerprint density at radius 3 is 2.94 bits per heavy atom. The van der Waals surface area contributed by atoms with Gasteiger partial charge in [0, 0.05) is 18.2 Å². The highest BCUT2D eigenvalue weighted by molar-refractivity contribution is 5.81. The molecule has 1 aromatic carbocycles. The van der Waals surface area contributed by atoms with Crippen LogP contribution < -0.4 is 15.8 Å². The van der Waals surface area contributed by atoms with Crippen LogP contribution in [-0.4, -0.2) is 18.1 Å². The summed E-state index contributed by atoms with van der Waals surface area (Å²) >= 11 is 0. The van der Waals surface area contributed by atoms with E-state index in [2.05, 4.69) is 5.32 Å². The van der Waals surface area contributed by atoms with Crippen LogP contribution in [0.2, 0.25) is 0 Å². The van der Waals surface area contributed by atoms with Crippen LogP contribution in [0.3, 0.4) is 0 Å². The minimum absolute atomic E-state index is 0.148. The largest absolute Gasteiger partial charge is 0.481 e. The molecular formula is C13H17FN2O2. The van der Waals surface area contributed by atoms with Crippen molar-refractivity contribution < 1.29 is 13.9 Å². The standard InChI is InChI=1S/C13H17FN2O2/c1-8(13(17)16-11-3-4-11)18-12-5-2-10(14)6-9(12)7-15/h2,5-6,8,11H,3-4,7,15H2,1H3,(H,16,17). The molecule has 5 heteroatoms. The van der Waals surface area contributed by atoms with Gasteiger partial charge in [-0.15, -0.1) is 0 Å². The van der Waals surface area contributed by atoms with E-state index in [0.717, 1.165) is 12.8 Å². The van der Waals surface area contributed by atoms with Gasteiger partial charge in [0.25, 0.3) is 5.91 Å². The van der Waals surface area contributed by atoms with Crippen molar-refractivity contribution in [2.45, 2.75) is 38.5 Å². The van der Waals surface area contributed by atoms with Crippen LogP contribution in [0.15, 0.2) is 18.2 Å². The van der Waals surface area contributed by atoms with Crippen molar-refractivity contribution in [1.29, 1.82) is 0 Å². The zero-order chi connectivity index (χ0) is 13.1. The first kappa shape index (κ1) is 12.8. The highest BCUT2D eigenvalue weighted by Crippen LogP contribution is 2.22. The zero-order valence-corrected chi connectivity index (χ0v) is 10.3. The molecule has 3 N–H and O–H groups in total. The molecule has 1 amide bonds. The third kappa shape index (κ3) is 3.20. The lowest BCUT2D eigenvalue weighted by atomic mass is 10.2. The smallest absolute Gasteiger partial charge is 0.260 e. The second-order valence-corrected chi connectivity index (χ2v) is 4.50. The molecule has 1 aliphatic carbocycles. The predicted molar refractivity (Wildman–Crippen MR) is 65.5 cm³/mol. The van der Waals surface area contributed by atoms with E-state index in [9.17, 15) is 9.18 Å². The summed E-state index contributed by atoms with van der Waals surface area (Å²) in [7, 11) is 0. The third-order valence-electron chi connectivity index (χ3n) is 2.84. The Labute approximate surface area is 105 Å². The predicted octanol–water partition coefficient (Wildman–Crippen LogP) is 1.33. The molecular weight excluding hydrogens is 235 g/mol. The summed E-state index contributed by atoms with van der Waals surface area (Å²) in [6.07, 6.45) is 1.45. The number of benzene rings is 1. The quantitative estimate of drug-likeness (QED) is 0.831. The van der Waals surface area contributed by atoms with Crippen LogP contribution in [0.5, 0.6) is 5.75 Å². The van der Waals surface area contributed by atoms with Crippen molar-refractivity contribution >= 4 is 5.91 Å². The SMILES string of the molecule is CC(Oc1ccc(F)cc1CN)C(=O)NC1CC1. The van der Waals surface area contributed by atoms with Crippen molar-refractivity contribution in [2.75, 3.05) is 0 Å². The fourth-order valence-electron chi connectivity index (χ4n) is 1.61. The van der Waals surface area contributed by atoms with Gasteiger partial charge in [-0.1, -0.05) is 0 Å². The zero-order valence-electron chi connectivity index (χ0n) is 10.3. The number of amides is 1. The Hall–Kier alpha value is -1.62. The Bertz CT molecular complexity index is 447. The van der Waals surface area contributed by atoms with Gasteiger partial charge < -0.3 is 15.8 Å². The average molecular weight is 252 g/mol. The lowest BCUT2D eigenvalue weighted by Crippen LogP contribution is -2.37. The Balaban J connectivity index is 2.00. The van der Waals surface area contributed by atoms with E-state index in [1.54, 1.807) is 6.92 Å². The lowest BCUT2D eigenvalue weighted by molar-refractivity contribution is -0.127. The summed E-state index contributed by atoms with van der Waals surface area (Å²) in [5.74, 6) is -0.0555. The number of nitrogens with one attached hydrogen (secondary N) is 1. The van der Waals surface area contributed by atoms with Gasteiger partial charge in [0.1, 0.15) is 11.6 Å². The highest BCUT2D eigenvalue weighted by Gasteiger charge is 2.26. The van der Waals surface area contributed by atoms with Gasteiger partial charge in [0.2, 0.25) is 0 Å². The second-order valence-electron chi connectivity index (χ2n) is 4.50. The number of carbonyl (C=O) groups excluding carboxylic acids is 1. The molecule has 1 unspecified atom stereocenters. The van der Waals surface area contributed by atoms with Gasteiger partial charge in [0.05, 0.1) is 0 Å². The molecule has 4 nitrogen and oxygen atoms in total. The number of ether oxygens (including phenoxy) is 1. The van der Waals surface area contributed by atoms with E-state index in [4.69, 9.17) is 10.5 Å². The van der Waals surface area contributed by atoms with Gasteiger partial charge >= 0.3 is 0 Å². The Morgan fingerprint density at radius 1 is 1.61 bits per heavy atom. The lowest BCUT2D eigenvalue weighted by Gasteiger charge is -2.16. The van der Waals surface area contributed by atoms with E-state index < -0.39 is 6.10 Å². The molecule has 18 heavy (non-hydrogen) atoms. The average Bonchev–Trinajstić information content (AvgIpc) is 3.15. The van der Waals surface area contributed by atoms with Gasteiger partial charge in [-0.2, -0.15) is 0 Å². The summed E-state index contributed by atoms with van der Waals surface area (Å²) in [6.45, 7) is 1.84. The van der Waals surface area contributed by atoms with E-state index in [-0.39, 0.29) is 18.3 Å². The summed E-state index contributed by atoms with van der Waals surface area (Å²) < 4.78 is 18.5. The van der Waals surface area contributed by atoms with Crippen molar-refractivity contribution in [3.63, 3.8) is 0 Å². The minimum atomic E-state index is -0.610. The minimum Gasteiger partial charge on any atom is -0.481 e. The number of nitrogens with two attached hydrogens (primary N) is 1. The molecule has 98 valence electrons. The molecule has 0 saturated heterocycles.